The molecular weight excluding hydrogens is 365 g/mol. The van der Waals surface area contributed by atoms with E-state index in [4.69, 9.17) is 20.4 Å². The molecule has 0 aromatic heterocycles. The third-order valence-electron chi connectivity index (χ3n) is 3.07. The van der Waals surface area contributed by atoms with Gasteiger partial charge in [0, 0.05) is 0 Å². The average Bonchev–Trinajstić information content (AvgIpc) is 2.45. The summed E-state index contributed by atoms with van der Waals surface area (Å²) in [7, 11) is 4.88. The quantitative estimate of drug-likeness (QED) is 0.471. The summed E-state index contributed by atoms with van der Waals surface area (Å²) >= 11 is -3.31. The summed E-state index contributed by atoms with van der Waals surface area (Å²) in [5.41, 5.74) is 0. The second-order valence-corrected chi connectivity index (χ2v) is 9.67. The molecule has 0 aromatic carbocycles. The van der Waals surface area contributed by atoms with Crippen LogP contribution in [0.1, 0.15) is 41.5 Å². The van der Waals surface area contributed by atoms with E-state index < -0.39 is 29.0 Å². The number of ether oxygens (including phenoxy) is 3. The van der Waals surface area contributed by atoms with Crippen molar-refractivity contribution in [1.29, 1.82) is 0 Å². The second-order valence-electron chi connectivity index (χ2n) is 6.24. The third kappa shape index (κ3) is 8.64. The fraction of sp³-hybridized carbons (Fsp3) is 1.00. The van der Waals surface area contributed by atoms with Crippen molar-refractivity contribution in [1.82, 2.24) is 0 Å². The Balaban J connectivity index is 4.95. The molecule has 3 atom stereocenters. The van der Waals surface area contributed by atoms with Gasteiger partial charge in [-0.15, -0.1) is 0 Å². The Labute approximate surface area is 148 Å². The fourth-order valence-electron chi connectivity index (χ4n) is 1.88. The summed E-state index contributed by atoms with van der Waals surface area (Å²) in [5, 5.41) is 0. The van der Waals surface area contributed by atoms with Gasteiger partial charge in [-0.1, -0.05) is 0 Å². The molecule has 22 heavy (non-hydrogen) atoms. The topological polar surface area (TPSA) is 55.4 Å². The summed E-state index contributed by atoms with van der Waals surface area (Å²) < 4.78 is 34.2. The van der Waals surface area contributed by atoms with Crippen molar-refractivity contribution in [2.45, 2.75) is 60.4 Å². The van der Waals surface area contributed by atoms with Gasteiger partial charge >= 0.3 is 149 Å². The Morgan fingerprint density at radius 3 is 0.864 bits per heavy atom. The van der Waals surface area contributed by atoms with Gasteiger partial charge in [-0.2, -0.15) is 0 Å². The molecule has 7 heteroatoms. The maximum atomic E-state index is 6.01. The molecule has 3 unspecified atom stereocenters. The molecule has 0 spiro atoms. The van der Waals surface area contributed by atoms with E-state index in [2.05, 4.69) is 0 Å². The first-order valence-corrected chi connectivity index (χ1v) is 11.3. The minimum absolute atomic E-state index is 0.205. The summed E-state index contributed by atoms with van der Waals surface area (Å²) in [6.45, 7) is 12.2. The van der Waals surface area contributed by atoms with Crippen molar-refractivity contribution in [2.24, 2.45) is 17.8 Å². The molecule has 0 saturated carbocycles. The standard InChI is InChI=1S/3C5H11O2.Y/c3*1-4(2)5(6)7-3;/h3*4-5H,1-3H3;/q3*-1;+3. The molecule has 0 radical (unpaired) electrons. The number of hydrogen-bond acceptors (Lipinski definition) is 6. The normalized spacial score (nSPS) is 16.4. The molecule has 6 nitrogen and oxygen atoms in total. The SMILES string of the molecule is COC([O][Y]([O]C(OC)C(C)C)[O]C(OC)C(C)C)C(C)C. The van der Waals surface area contributed by atoms with E-state index in [1.165, 1.54) is 0 Å². The van der Waals surface area contributed by atoms with Crippen LogP contribution >= 0.6 is 0 Å². The predicted octanol–water partition coefficient (Wildman–Crippen LogP) is 3.28. The van der Waals surface area contributed by atoms with Crippen molar-refractivity contribution >= 4 is 0 Å². The van der Waals surface area contributed by atoms with Crippen molar-refractivity contribution < 1.29 is 49.3 Å². The molecule has 0 fully saturated rings. The zero-order chi connectivity index (χ0) is 17.3. The molecule has 132 valence electrons. The van der Waals surface area contributed by atoms with Crippen molar-refractivity contribution in [2.75, 3.05) is 21.3 Å². The van der Waals surface area contributed by atoms with Crippen LogP contribution < -0.4 is 0 Å². The van der Waals surface area contributed by atoms with Crippen LogP contribution in [-0.4, -0.2) is 40.2 Å². The van der Waals surface area contributed by atoms with Crippen molar-refractivity contribution in [3.05, 3.63) is 0 Å². The van der Waals surface area contributed by atoms with Crippen LogP contribution in [0.25, 0.3) is 0 Å². The van der Waals surface area contributed by atoms with E-state index in [0.717, 1.165) is 0 Å². The Kier molecular flexibility index (Phi) is 12.7. The van der Waals surface area contributed by atoms with Crippen LogP contribution in [0.4, 0.5) is 0 Å². The van der Waals surface area contributed by atoms with Gasteiger partial charge in [-0.05, 0) is 0 Å². The Hall–Kier alpha value is 0.864. The molecule has 0 rings (SSSR count). The van der Waals surface area contributed by atoms with E-state index in [1.54, 1.807) is 21.3 Å². The van der Waals surface area contributed by atoms with Crippen LogP contribution in [-0.2, 0) is 49.3 Å². The zero-order valence-electron chi connectivity index (χ0n) is 15.5. The summed E-state index contributed by atoms with van der Waals surface area (Å²) in [5.74, 6) is 0.615. The first-order valence-electron chi connectivity index (χ1n) is 7.81. The number of methoxy groups -OCH3 is 3. The van der Waals surface area contributed by atoms with Gasteiger partial charge in [0.25, 0.3) is 0 Å². The fourth-order valence-corrected chi connectivity index (χ4v) is 7.10. The summed E-state index contributed by atoms with van der Waals surface area (Å²) in [6, 6.07) is 0. The Morgan fingerprint density at radius 1 is 0.500 bits per heavy atom. The maximum absolute atomic E-state index is 6.01. The van der Waals surface area contributed by atoms with Crippen LogP contribution in [0.2, 0.25) is 0 Å². The zero-order valence-corrected chi connectivity index (χ0v) is 18.3. The van der Waals surface area contributed by atoms with E-state index >= 15 is 0 Å². The van der Waals surface area contributed by atoms with Gasteiger partial charge in [0.05, 0.1) is 0 Å². The predicted molar refractivity (Wildman–Crippen MR) is 80.2 cm³/mol. The van der Waals surface area contributed by atoms with E-state index in [0.29, 0.717) is 0 Å². The van der Waals surface area contributed by atoms with Gasteiger partial charge in [-0.25, -0.2) is 0 Å². The van der Waals surface area contributed by atoms with Crippen molar-refractivity contribution in [3.63, 3.8) is 0 Å². The van der Waals surface area contributed by atoms with E-state index in [-0.39, 0.29) is 36.6 Å². The van der Waals surface area contributed by atoms with Gasteiger partial charge in [0.1, 0.15) is 0 Å². The van der Waals surface area contributed by atoms with Crippen LogP contribution in [0.3, 0.4) is 0 Å². The summed E-state index contributed by atoms with van der Waals surface area (Å²) in [4.78, 5) is 0. The van der Waals surface area contributed by atoms with Gasteiger partial charge < -0.3 is 0 Å². The van der Waals surface area contributed by atoms with Gasteiger partial charge in [-0.3, -0.25) is 0 Å². The van der Waals surface area contributed by atoms with E-state index in [1.807, 2.05) is 41.5 Å². The number of hydrogen-bond donors (Lipinski definition) is 0. The Bertz CT molecular complexity index is 232. The molecule has 0 aromatic rings. The monoisotopic (exact) mass is 398 g/mol. The third-order valence-corrected chi connectivity index (χ3v) is 6.68. The first-order chi connectivity index (χ1) is 10.3. The van der Waals surface area contributed by atoms with Crippen LogP contribution in [0.15, 0.2) is 0 Å². The molecule has 0 aliphatic carbocycles. The van der Waals surface area contributed by atoms with Gasteiger partial charge in [0.15, 0.2) is 0 Å². The minimum atomic E-state index is -3.31. The molecule has 0 bridgehead atoms. The molecule has 0 heterocycles. The molecule has 0 saturated heterocycles. The molecule has 0 amide bonds. The molecular formula is C15H33O6Y. The average molecular weight is 398 g/mol. The molecule has 0 N–H and O–H groups in total. The van der Waals surface area contributed by atoms with Crippen LogP contribution in [0.5, 0.6) is 0 Å². The first kappa shape index (κ1) is 22.9. The van der Waals surface area contributed by atoms with Crippen molar-refractivity contribution in [3.8, 4) is 0 Å². The second kappa shape index (κ2) is 12.3. The molecule has 0 aliphatic rings. The summed E-state index contributed by atoms with van der Waals surface area (Å²) in [6.07, 6.45) is -1.06. The van der Waals surface area contributed by atoms with Crippen LogP contribution in [0, 0.1) is 17.8 Å². The van der Waals surface area contributed by atoms with Gasteiger partial charge in [0.2, 0.25) is 0 Å². The Morgan fingerprint density at radius 2 is 0.727 bits per heavy atom. The molecule has 0 aliphatic heterocycles. The van der Waals surface area contributed by atoms with E-state index in [9.17, 15) is 0 Å². The number of rotatable bonds is 12.